The summed E-state index contributed by atoms with van der Waals surface area (Å²) in [5.74, 6) is -1.04. The normalized spacial score (nSPS) is 9.69. The van der Waals surface area contributed by atoms with E-state index < -0.39 is 11.7 Å². The van der Waals surface area contributed by atoms with Gasteiger partial charge in [0, 0.05) is 12.2 Å². The number of anilines is 1. The lowest BCUT2D eigenvalue weighted by Gasteiger charge is -2.04. The van der Waals surface area contributed by atoms with Gasteiger partial charge in [0.2, 0.25) is 0 Å². The summed E-state index contributed by atoms with van der Waals surface area (Å²) in [4.78, 5) is 11.5. The zero-order valence-corrected chi connectivity index (χ0v) is 9.38. The summed E-state index contributed by atoms with van der Waals surface area (Å²) in [7, 11) is 0. The van der Waals surface area contributed by atoms with Crippen LogP contribution in [0.2, 0.25) is 0 Å². The molecule has 1 rings (SSSR count). The van der Waals surface area contributed by atoms with E-state index in [0.29, 0.717) is 12.2 Å². The molecule has 1 aromatic rings. The molecule has 4 heteroatoms. The number of rotatable bonds is 3. The summed E-state index contributed by atoms with van der Waals surface area (Å²) in [5, 5.41) is 2.59. The van der Waals surface area contributed by atoms with Crippen molar-refractivity contribution in [1.82, 2.24) is 5.32 Å². The van der Waals surface area contributed by atoms with Crippen molar-refractivity contribution in [2.45, 2.75) is 13.8 Å². The van der Waals surface area contributed by atoms with Crippen LogP contribution in [0.5, 0.6) is 0 Å². The molecule has 0 saturated heterocycles. The number of nitrogens with two attached hydrogens (primary N) is 1. The third-order valence-electron chi connectivity index (χ3n) is 2.01. The third kappa shape index (κ3) is 3.38. The van der Waals surface area contributed by atoms with Gasteiger partial charge in [0.1, 0.15) is 5.82 Å². The minimum Gasteiger partial charge on any atom is -0.399 e. The predicted molar refractivity (Wildman–Crippen MR) is 62.6 cm³/mol. The van der Waals surface area contributed by atoms with E-state index in [-0.39, 0.29) is 5.56 Å². The average molecular weight is 222 g/mol. The molecule has 0 radical (unpaired) electrons. The maximum absolute atomic E-state index is 13.3. The summed E-state index contributed by atoms with van der Waals surface area (Å²) < 4.78 is 13.3. The van der Waals surface area contributed by atoms with Crippen molar-refractivity contribution in [3.63, 3.8) is 0 Å². The molecule has 0 aliphatic carbocycles. The quantitative estimate of drug-likeness (QED) is 0.608. The minimum absolute atomic E-state index is 0.0105. The number of hydrogen-bond donors (Lipinski definition) is 2. The van der Waals surface area contributed by atoms with Gasteiger partial charge in [-0.25, -0.2) is 4.39 Å². The number of hydrogen-bond acceptors (Lipinski definition) is 2. The summed E-state index contributed by atoms with van der Waals surface area (Å²) >= 11 is 0. The largest absolute Gasteiger partial charge is 0.399 e. The fourth-order valence-electron chi connectivity index (χ4n) is 1.16. The number of halogens is 1. The molecule has 0 aliphatic rings. The number of carbonyl (C=O) groups is 1. The Morgan fingerprint density at radius 3 is 2.75 bits per heavy atom. The summed E-state index contributed by atoms with van der Waals surface area (Å²) in [6.07, 6.45) is 1.85. The van der Waals surface area contributed by atoms with E-state index in [2.05, 4.69) is 5.32 Å². The predicted octanol–water partition coefficient (Wildman–Crippen LogP) is 2.10. The van der Waals surface area contributed by atoms with Crippen LogP contribution in [0.25, 0.3) is 0 Å². The first-order valence-electron chi connectivity index (χ1n) is 4.97. The van der Waals surface area contributed by atoms with Crippen molar-refractivity contribution in [3.8, 4) is 0 Å². The Morgan fingerprint density at radius 2 is 2.19 bits per heavy atom. The molecular formula is C12H15FN2O. The molecule has 0 fully saturated rings. The third-order valence-corrected chi connectivity index (χ3v) is 2.01. The van der Waals surface area contributed by atoms with Crippen LogP contribution in [-0.2, 0) is 0 Å². The maximum Gasteiger partial charge on any atom is 0.254 e. The second-order valence-electron chi connectivity index (χ2n) is 3.73. The SMILES string of the molecule is CC(C)=CCNC(=O)c1ccc(N)cc1F. The van der Waals surface area contributed by atoms with Crippen LogP contribution >= 0.6 is 0 Å². The first-order chi connectivity index (χ1) is 7.50. The van der Waals surface area contributed by atoms with Crippen LogP contribution in [0.4, 0.5) is 10.1 Å². The summed E-state index contributed by atoms with van der Waals surface area (Å²) in [6, 6.07) is 4.01. The Balaban J connectivity index is 2.70. The highest BCUT2D eigenvalue weighted by atomic mass is 19.1. The molecule has 1 aromatic carbocycles. The van der Waals surface area contributed by atoms with E-state index >= 15 is 0 Å². The molecule has 3 N–H and O–H groups in total. The molecule has 16 heavy (non-hydrogen) atoms. The highest BCUT2D eigenvalue weighted by molar-refractivity contribution is 5.94. The molecular weight excluding hydrogens is 207 g/mol. The first-order valence-corrected chi connectivity index (χ1v) is 4.97. The zero-order valence-electron chi connectivity index (χ0n) is 9.38. The monoisotopic (exact) mass is 222 g/mol. The Hall–Kier alpha value is -1.84. The van der Waals surface area contributed by atoms with Crippen LogP contribution in [0, 0.1) is 5.82 Å². The molecule has 0 aromatic heterocycles. The minimum atomic E-state index is -0.602. The van der Waals surface area contributed by atoms with E-state index in [1.165, 1.54) is 12.1 Å². The van der Waals surface area contributed by atoms with Crippen molar-refractivity contribution in [1.29, 1.82) is 0 Å². The fraction of sp³-hybridized carbons (Fsp3) is 0.250. The first kappa shape index (κ1) is 12.2. The van der Waals surface area contributed by atoms with Gasteiger partial charge in [-0.2, -0.15) is 0 Å². The lowest BCUT2D eigenvalue weighted by molar-refractivity contribution is 0.0954. The molecule has 0 unspecified atom stereocenters. The molecule has 0 spiro atoms. The lowest BCUT2D eigenvalue weighted by Crippen LogP contribution is -2.24. The van der Waals surface area contributed by atoms with Crippen molar-refractivity contribution in [2.75, 3.05) is 12.3 Å². The average Bonchev–Trinajstić information content (AvgIpc) is 2.16. The van der Waals surface area contributed by atoms with E-state index in [1.54, 1.807) is 0 Å². The highest BCUT2D eigenvalue weighted by Gasteiger charge is 2.10. The highest BCUT2D eigenvalue weighted by Crippen LogP contribution is 2.11. The van der Waals surface area contributed by atoms with Gasteiger partial charge in [0.15, 0.2) is 0 Å². The van der Waals surface area contributed by atoms with Crippen LogP contribution in [0.1, 0.15) is 24.2 Å². The Morgan fingerprint density at radius 1 is 1.50 bits per heavy atom. The van der Waals surface area contributed by atoms with Gasteiger partial charge in [-0.1, -0.05) is 11.6 Å². The van der Waals surface area contributed by atoms with Gasteiger partial charge < -0.3 is 11.1 Å². The smallest absolute Gasteiger partial charge is 0.254 e. The number of allylic oxidation sites excluding steroid dienone is 1. The molecule has 3 nitrogen and oxygen atoms in total. The summed E-state index contributed by atoms with van der Waals surface area (Å²) in [5.41, 5.74) is 6.80. The van der Waals surface area contributed by atoms with Gasteiger partial charge >= 0.3 is 0 Å². The molecule has 0 bridgehead atoms. The number of amides is 1. The Bertz CT molecular complexity index is 423. The maximum atomic E-state index is 13.3. The van der Waals surface area contributed by atoms with Crippen molar-refractivity contribution >= 4 is 11.6 Å². The number of benzene rings is 1. The Kier molecular flexibility index (Phi) is 4.05. The van der Waals surface area contributed by atoms with Crippen molar-refractivity contribution < 1.29 is 9.18 Å². The number of carbonyl (C=O) groups excluding carboxylic acids is 1. The Labute approximate surface area is 94.1 Å². The van der Waals surface area contributed by atoms with E-state index in [4.69, 9.17) is 5.73 Å². The molecule has 86 valence electrons. The van der Waals surface area contributed by atoms with Gasteiger partial charge in [0.25, 0.3) is 5.91 Å². The number of nitrogens with one attached hydrogen (secondary N) is 1. The zero-order chi connectivity index (χ0) is 12.1. The van der Waals surface area contributed by atoms with Crippen molar-refractivity contribution in [3.05, 3.63) is 41.2 Å². The number of nitrogen functional groups attached to an aromatic ring is 1. The van der Waals surface area contributed by atoms with Crippen LogP contribution in [0.3, 0.4) is 0 Å². The van der Waals surface area contributed by atoms with Crippen LogP contribution < -0.4 is 11.1 Å². The topological polar surface area (TPSA) is 55.1 Å². The van der Waals surface area contributed by atoms with Gasteiger partial charge in [-0.3, -0.25) is 4.79 Å². The lowest BCUT2D eigenvalue weighted by atomic mass is 10.2. The van der Waals surface area contributed by atoms with Crippen LogP contribution in [-0.4, -0.2) is 12.5 Å². The van der Waals surface area contributed by atoms with E-state index in [9.17, 15) is 9.18 Å². The molecule has 0 atom stereocenters. The second-order valence-corrected chi connectivity index (χ2v) is 3.73. The van der Waals surface area contributed by atoms with E-state index in [0.717, 1.165) is 11.6 Å². The standard InChI is InChI=1S/C12H15FN2O/c1-8(2)5-6-15-12(16)10-4-3-9(14)7-11(10)13/h3-5,7H,6,14H2,1-2H3,(H,15,16). The second kappa shape index (κ2) is 5.30. The van der Waals surface area contributed by atoms with Crippen molar-refractivity contribution in [2.24, 2.45) is 0 Å². The van der Waals surface area contributed by atoms with E-state index in [1.807, 2.05) is 19.9 Å². The van der Waals surface area contributed by atoms with Gasteiger partial charge in [-0.15, -0.1) is 0 Å². The van der Waals surface area contributed by atoms with Gasteiger partial charge in [0.05, 0.1) is 5.56 Å². The molecule has 0 saturated carbocycles. The molecule has 1 amide bonds. The van der Waals surface area contributed by atoms with Crippen LogP contribution in [0.15, 0.2) is 29.8 Å². The van der Waals surface area contributed by atoms with Gasteiger partial charge in [-0.05, 0) is 32.0 Å². The molecule has 0 heterocycles. The summed E-state index contributed by atoms with van der Waals surface area (Å²) in [6.45, 7) is 4.25. The fourth-order valence-corrected chi connectivity index (χ4v) is 1.16. The molecule has 0 aliphatic heterocycles.